The van der Waals surface area contributed by atoms with Crippen molar-refractivity contribution >= 4 is 11.8 Å². The summed E-state index contributed by atoms with van der Waals surface area (Å²) in [6, 6.07) is 12.0. The number of piperidine rings is 1. The van der Waals surface area contributed by atoms with Crippen LogP contribution in [0.25, 0.3) is 0 Å². The number of hydrogen-bond acceptors (Lipinski definition) is 4. The van der Waals surface area contributed by atoms with Crippen LogP contribution in [0.4, 0.5) is 0 Å². The summed E-state index contributed by atoms with van der Waals surface area (Å²) in [7, 11) is 0. The van der Waals surface area contributed by atoms with Gasteiger partial charge in [0.15, 0.2) is 0 Å². The zero-order chi connectivity index (χ0) is 20.4. The lowest BCUT2D eigenvalue weighted by atomic mass is 9.89. The van der Waals surface area contributed by atoms with Gasteiger partial charge in [0.2, 0.25) is 5.91 Å². The fraction of sp³-hybridized carbons (Fsp3) is 0.435. The summed E-state index contributed by atoms with van der Waals surface area (Å²) in [4.78, 5) is 38.9. The van der Waals surface area contributed by atoms with Crippen molar-refractivity contribution in [3.8, 4) is 0 Å². The van der Waals surface area contributed by atoms with Gasteiger partial charge in [-0.25, -0.2) is 4.79 Å². The van der Waals surface area contributed by atoms with Crippen LogP contribution in [0.5, 0.6) is 0 Å². The Morgan fingerprint density at radius 1 is 1.14 bits per heavy atom. The summed E-state index contributed by atoms with van der Waals surface area (Å²) in [6.45, 7) is 3.48. The SMILES string of the molecule is Cc1cc(CCCc2ccccc2)oc(=O)c1C(=O)N1C[C@H]2CC(=O)NC[C@H]2C1. The average molecular weight is 394 g/mol. The maximum Gasteiger partial charge on any atom is 0.349 e. The second-order valence-electron chi connectivity index (χ2n) is 8.14. The van der Waals surface area contributed by atoms with Crippen molar-refractivity contribution < 1.29 is 14.0 Å². The number of fused-ring (bicyclic) bond motifs is 1. The Kier molecular flexibility index (Phi) is 5.51. The van der Waals surface area contributed by atoms with E-state index < -0.39 is 5.63 Å². The van der Waals surface area contributed by atoms with Gasteiger partial charge in [0.1, 0.15) is 11.3 Å². The molecule has 152 valence electrons. The Labute approximate surface area is 169 Å². The van der Waals surface area contributed by atoms with Gasteiger partial charge in [0.05, 0.1) is 0 Å². The number of aryl methyl sites for hydroxylation is 3. The third-order valence-corrected chi connectivity index (χ3v) is 6.02. The molecule has 3 heterocycles. The minimum Gasteiger partial charge on any atom is -0.427 e. The van der Waals surface area contributed by atoms with Gasteiger partial charge in [-0.05, 0) is 48.8 Å². The lowest BCUT2D eigenvalue weighted by molar-refractivity contribution is -0.124. The van der Waals surface area contributed by atoms with Crippen LogP contribution in [0, 0.1) is 18.8 Å². The van der Waals surface area contributed by atoms with Crippen molar-refractivity contribution in [3.05, 3.63) is 69.3 Å². The Morgan fingerprint density at radius 2 is 1.90 bits per heavy atom. The Balaban J connectivity index is 1.42. The zero-order valence-corrected chi connectivity index (χ0v) is 16.6. The number of nitrogens with zero attached hydrogens (tertiary/aromatic N) is 1. The van der Waals surface area contributed by atoms with Crippen LogP contribution in [-0.2, 0) is 17.6 Å². The summed E-state index contributed by atoms with van der Waals surface area (Å²) in [5, 5.41) is 2.86. The fourth-order valence-electron chi connectivity index (χ4n) is 4.45. The van der Waals surface area contributed by atoms with E-state index in [-0.39, 0.29) is 29.2 Å². The predicted octanol–water partition coefficient (Wildman–Crippen LogP) is 2.33. The molecule has 2 aromatic rings. The molecule has 0 radical (unpaired) electrons. The van der Waals surface area contributed by atoms with E-state index in [1.807, 2.05) is 24.3 Å². The molecule has 2 atom stereocenters. The van der Waals surface area contributed by atoms with Gasteiger partial charge in [-0.2, -0.15) is 0 Å². The molecule has 2 aliphatic rings. The highest BCUT2D eigenvalue weighted by Crippen LogP contribution is 2.29. The smallest absolute Gasteiger partial charge is 0.349 e. The number of rotatable bonds is 5. The number of carbonyl (C=O) groups excluding carboxylic acids is 2. The van der Waals surface area contributed by atoms with E-state index in [9.17, 15) is 14.4 Å². The standard InChI is InChI=1S/C23H26N2O4/c1-15-10-19(9-5-8-16-6-3-2-4-7-16)29-23(28)21(15)22(27)25-13-17-11-20(26)24-12-18(17)14-25/h2-4,6-7,10,17-18H,5,8-9,11-14H2,1H3,(H,24,26)/t17-,18+/m1/s1. The Bertz CT molecular complexity index is 967. The first-order valence-corrected chi connectivity index (χ1v) is 10.2. The number of nitrogens with one attached hydrogen (secondary N) is 1. The number of hydrogen-bond donors (Lipinski definition) is 1. The molecule has 0 unspecified atom stereocenters. The monoisotopic (exact) mass is 394 g/mol. The van der Waals surface area contributed by atoms with Crippen LogP contribution >= 0.6 is 0 Å². The van der Waals surface area contributed by atoms with Gasteiger partial charge in [-0.3, -0.25) is 9.59 Å². The van der Waals surface area contributed by atoms with Crippen molar-refractivity contribution in [2.75, 3.05) is 19.6 Å². The summed E-state index contributed by atoms with van der Waals surface area (Å²) in [6.07, 6.45) is 2.88. The lowest BCUT2D eigenvalue weighted by Crippen LogP contribution is -2.40. The number of amides is 2. The minimum atomic E-state index is -0.561. The molecular weight excluding hydrogens is 368 g/mol. The van der Waals surface area contributed by atoms with Crippen LogP contribution < -0.4 is 10.9 Å². The van der Waals surface area contributed by atoms with Gasteiger partial charge in [-0.15, -0.1) is 0 Å². The first-order valence-electron chi connectivity index (χ1n) is 10.2. The minimum absolute atomic E-state index is 0.0381. The molecule has 0 aliphatic carbocycles. The third kappa shape index (κ3) is 4.26. The van der Waals surface area contributed by atoms with Crippen LogP contribution in [0.15, 0.2) is 45.6 Å². The van der Waals surface area contributed by atoms with Gasteiger partial charge in [-0.1, -0.05) is 30.3 Å². The van der Waals surface area contributed by atoms with Crippen molar-refractivity contribution in [3.63, 3.8) is 0 Å². The maximum atomic E-state index is 13.0. The van der Waals surface area contributed by atoms with Gasteiger partial charge < -0.3 is 14.6 Å². The summed E-state index contributed by atoms with van der Waals surface area (Å²) >= 11 is 0. The Hall–Kier alpha value is -2.89. The van der Waals surface area contributed by atoms with Crippen LogP contribution in [0.3, 0.4) is 0 Å². The Morgan fingerprint density at radius 3 is 2.66 bits per heavy atom. The van der Waals surface area contributed by atoms with Crippen molar-refractivity contribution in [1.29, 1.82) is 0 Å². The molecule has 0 spiro atoms. The molecule has 2 saturated heterocycles. The van der Waals surface area contributed by atoms with Crippen LogP contribution in [0.2, 0.25) is 0 Å². The highest BCUT2D eigenvalue weighted by atomic mass is 16.4. The van der Waals surface area contributed by atoms with Gasteiger partial charge in [0, 0.05) is 32.5 Å². The number of benzene rings is 1. The van der Waals surface area contributed by atoms with E-state index in [1.54, 1.807) is 11.8 Å². The van der Waals surface area contributed by atoms with Crippen molar-refractivity contribution in [2.45, 2.75) is 32.6 Å². The predicted molar refractivity (Wildman–Crippen MR) is 109 cm³/mol. The number of carbonyl (C=O) groups is 2. The molecule has 2 aliphatic heterocycles. The van der Waals surface area contributed by atoms with E-state index >= 15 is 0 Å². The molecular formula is C23H26N2O4. The highest BCUT2D eigenvalue weighted by molar-refractivity contribution is 5.95. The summed E-state index contributed by atoms with van der Waals surface area (Å²) in [5.41, 5.74) is 1.47. The highest BCUT2D eigenvalue weighted by Gasteiger charge is 2.40. The quantitative estimate of drug-likeness (QED) is 0.844. The second-order valence-corrected chi connectivity index (χ2v) is 8.14. The molecule has 0 saturated carbocycles. The summed E-state index contributed by atoms with van der Waals surface area (Å²) in [5.74, 6) is 0.813. The van der Waals surface area contributed by atoms with E-state index in [0.29, 0.717) is 43.8 Å². The van der Waals surface area contributed by atoms with Crippen LogP contribution in [0.1, 0.15) is 40.1 Å². The fourth-order valence-corrected chi connectivity index (χ4v) is 4.45. The van der Waals surface area contributed by atoms with Gasteiger partial charge in [0.25, 0.3) is 5.91 Å². The molecule has 2 fully saturated rings. The number of likely N-dealkylation sites (tertiary alicyclic amines) is 1. The average Bonchev–Trinajstić information content (AvgIpc) is 3.11. The maximum absolute atomic E-state index is 13.0. The second kappa shape index (κ2) is 8.23. The first-order chi connectivity index (χ1) is 14.0. The molecule has 6 nitrogen and oxygen atoms in total. The van der Waals surface area contributed by atoms with Crippen LogP contribution in [-0.4, -0.2) is 36.3 Å². The molecule has 0 bridgehead atoms. The molecule has 1 aromatic carbocycles. The first kappa shape index (κ1) is 19.4. The zero-order valence-electron chi connectivity index (χ0n) is 16.6. The van der Waals surface area contributed by atoms with E-state index in [0.717, 1.165) is 12.8 Å². The largest absolute Gasteiger partial charge is 0.427 e. The lowest BCUT2D eigenvalue weighted by Gasteiger charge is -2.23. The topological polar surface area (TPSA) is 79.6 Å². The molecule has 6 heteroatoms. The third-order valence-electron chi connectivity index (χ3n) is 6.02. The van der Waals surface area contributed by atoms with E-state index in [2.05, 4.69) is 17.4 Å². The molecule has 4 rings (SSSR count). The van der Waals surface area contributed by atoms with Crippen molar-refractivity contribution in [1.82, 2.24) is 10.2 Å². The molecule has 29 heavy (non-hydrogen) atoms. The van der Waals surface area contributed by atoms with Crippen molar-refractivity contribution in [2.24, 2.45) is 11.8 Å². The normalized spacial score (nSPS) is 21.0. The van der Waals surface area contributed by atoms with E-state index in [4.69, 9.17) is 4.42 Å². The summed E-state index contributed by atoms with van der Waals surface area (Å²) < 4.78 is 5.47. The van der Waals surface area contributed by atoms with Gasteiger partial charge >= 0.3 is 5.63 Å². The molecule has 2 amide bonds. The molecule has 1 N–H and O–H groups in total. The molecule has 1 aromatic heterocycles. The van der Waals surface area contributed by atoms with E-state index in [1.165, 1.54) is 5.56 Å².